The monoisotopic (exact) mass is 434 g/mol. The minimum Gasteiger partial charge on any atom is -0.269 e. The predicted octanol–water partition coefficient (Wildman–Crippen LogP) is 4.79. The standard InChI is InChI=1S/C20H21F3N6S/c1-10-4-5-13-14(6-10)30-19-16(13)18-25-17(27-29(18)9-24-19)11(2)8-28-12(3)7-15(26-28)20(21,22)23/h7,9-11H,4-6,8H2,1-3H3. The van der Waals surface area contributed by atoms with Crippen LogP contribution in [0, 0.1) is 12.8 Å². The molecule has 0 saturated heterocycles. The normalized spacial score (nSPS) is 18.3. The number of thiophene rings is 1. The van der Waals surface area contributed by atoms with Crippen LogP contribution in [0.3, 0.4) is 0 Å². The SMILES string of the molecule is Cc1cc(C(F)(F)F)nn1CC(C)c1nc2c3c4c(sc3ncn2n1)CC(C)CC4. The van der Waals surface area contributed by atoms with E-state index in [0.29, 0.717) is 17.4 Å². The third-order valence-corrected chi connectivity index (χ3v) is 6.97. The van der Waals surface area contributed by atoms with Gasteiger partial charge in [-0.15, -0.1) is 16.4 Å². The lowest BCUT2D eigenvalue weighted by atomic mass is 9.89. The third kappa shape index (κ3) is 3.17. The van der Waals surface area contributed by atoms with E-state index in [4.69, 9.17) is 4.98 Å². The van der Waals surface area contributed by atoms with Crippen molar-refractivity contribution in [1.82, 2.24) is 29.4 Å². The van der Waals surface area contributed by atoms with Gasteiger partial charge < -0.3 is 0 Å². The molecule has 0 amide bonds. The van der Waals surface area contributed by atoms with Crippen molar-refractivity contribution in [2.45, 2.75) is 58.7 Å². The lowest BCUT2D eigenvalue weighted by molar-refractivity contribution is -0.141. The van der Waals surface area contributed by atoms with Crippen LogP contribution in [0.25, 0.3) is 15.9 Å². The van der Waals surface area contributed by atoms with Crippen LogP contribution in [0.2, 0.25) is 0 Å². The first-order chi connectivity index (χ1) is 14.2. The number of halogens is 3. The lowest BCUT2D eigenvalue weighted by Crippen LogP contribution is -2.12. The topological polar surface area (TPSA) is 60.9 Å². The molecule has 2 unspecified atom stereocenters. The first-order valence-corrected chi connectivity index (χ1v) is 10.8. The summed E-state index contributed by atoms with van der Waals surface area (Å²) in [5.41, 5.74) is 1.70. The molecule has 0 spiro atoms. The summed E-state index contributed by atoms with van der Waals surface area (Å²) in [5.74, 6) is 1.06. The van der Waals surface area contributed by atoms with Crippen molar-refractivity contribution >= 4 is 27.2 Å². The Labute approximate surface area is 174 Å². The van der Waals surface area contributed by atoms with Crippen LogP contribution < -0.4 is 0 Å². The molecule has 10 heteroatoms. The fraction of sp³-hybridized carbons (Fsp3) is 0.500. The molecule has 0 bridgehead atoms. The average Bonchev–Trinajstić information content (AvgIpc) is 3.35. The van der Waals surface area contributed by atoms with E-state index in [1.54, 1.807) is 29.1 Å². The van der Waals surface area contributed by atoms with Crippen molar-refractivity contribution in [3.63, 3.8) is 0 Å². The molecule has 0 aliphatic heterocycles. The average molecular weight is 434 g/mol. The quantitative estimate of drug-likeness (QED) is 0.465. The molecule has 6 nitrogen and oxygen atoms in total. The highest BCUT2D eigenvalue weighted by atomic mass is 32.1. The molecular weight excluding hydrogens is 413 g/mol. The van der Waals surface area contributed by atoms with Gasteiger partial charge in [0.05, 0.1) is 11.9 Å². The first kappa shape index (κ1) is 19.5. The van der Waals surface area contributed by atoms with Gasteiger partial charge in [-0.05, 0) is 43.7 Å². The molecule has 0 N–H and O–H groups in total. The molecule has 0 aromatic carbocycles. The molecule has 4 aromatic rings. The Morgan fingerprint density at radius 1 is 1.30 bits per heavy atom. The zero-order valence-corrected chi connectivity index (χ0v) is 17.7. The van der Waals surface area contributed by atoms with Gasteiger partial charge in [-0.25, -0.2) is 14.5 Å². The summed E-state index contributed by atoms with van der Waals surface area (Å²) in [6.45, 7) is 6.07. The zero-order chi connectivity index (χ0) is 21.2. The van der Waals surface area contributed by atoms with E-state index in [-0.39, 0.29) is 12.5 Å². The number of alkyl halides is 3. The molecule has 30 heavy (non-hydrogen) atoms. The van der Waals surface area contributed by atoms with E-state index in [0.717, 1.165) is 41.2 Å². The van der Waals surface area contributed by atoms with Gasteiger partial charge >= 0.3 is 6.18 Å². The Hall–Kier alpha value is -2.49. The second kappa shape index (κ2) is 6.76. The van der Waals surface area contributed by atoms with E-state index in [2.05, 4.69) is 22.1 Å². The van der Waals surface area contributed by atoms with Crippen LogP contribution in [0.5, 0.6) is 0 Å². The highest BCUT2D eigenvalue weighted by Crippen LogP contribution is 2.38. The summed E-state index contributed by atoms with van der Waals surface area (Å²) >= 11 is 1.73. The van der Waals surface area contributed by atoms with E-state index in [1.165, 1.54) is 15.1 Å². The summed E-state index contributed by atoms with van der Waals surface area (Å²) in [7, 11) is 0. The number of hydrogen-bond acceptors (Lipinski definition) is 5. The van der Waals surface area contributed by atoms with Gasteiger partial charge in [0.1, 0.15) is 11.2 Å². The van der Waals surface area contributed by atoms with Gasteiger partial charge in [-0.1, -0.05) is 13.8 Å². The highest BCUT2D eigenvalue weighted by Gasteiger charge is 2.34. The molecule has 5 rings (SSSR count). The number of aryl methyl sites for hydroxylation is 2. The van der Waals surface area contributed by atoms with E-state index < -0.39 is 11.9 Å². The van der Waals surface area contributed by atoms with Crippen LogP contribution in [0.4, 0.5) is 13.2 Å². The largest absolute Gasteiger partial charge is 0.435 e. The van der Waals surface area contributed by atoms with Crippen LogP contribution in [0.1, 0.15) is 53.8 Å². The van der Waals surface area contributed by atoms with E-state index >= 15 is 0 Å². The van der Waals surface area contributed by atoms with E-state index in [1.807, 2.05) is 6.92 Å². The van der Waals surface area contributed by atoms with Crippen molar-refractivity contribution < 1.29 is 13.2 Å². The fourth-order valence-corrected chi connectivity index (χ4v) is 5.48. The second-order valence-corrected chi connectivity index (χ2v) is 9.35. The predicted molar refractivity (Wildman–Crippen MR) is 108 cm³/mol. The number of hydrogen-bond donors (Lipinski definition) is 0. The molecular formula is C20H21F3N6S. The van der Waals surface area contributed by atoms with Crippen molar-refractivity contribution in [3.05, 3.63) is 40.0 Å². The third-order valence-electron chi connectivity index (χ3n) is 5.81. The van der Waals surface area contributed by atoms with Crippen LogP contribution >= 0.6 is 11.3 Å². The Kier molecular flexibility index (Phi) is 4.39. The van der Waals surface area contributed by atoms with Gasteiger partial charge in [-0.2, -0.15) is 18.3 Å². The second-order valence-electron chi connectivity index (χ2n) is 8.27. The Morgan fingerprint density at radius 2 is 2.10 bits per heavy atom. The van der Waals surface area contributed by atoms with Crippen LogP contribution in [-0.4, -0.2) is 29.4 Å². The van der Waals surface area contributed by atoms with Gasteiger partial charge in [0, 0.05) is 16.5 Å². The minimum absolute atomic E-state index is 0.200. The molecule has 4 aromatic heterocycles. The Balaban J connectivity index is 1.51. The van der Waals surface area contributed by atoms with Crippen LogP contribution in [0.15, 0.2) is 12.4 Å². The summed E-state index contributed by atoms with van der Waals surface area (Å²) in [6.07, 6.45) is 0.459. The molecule has 0 saturated carbocycles. The van der Waals surface area contributed by atoms with Crippen molar-refractivity contribution in [2.24, 2.45) is 5.92 Å². The zero-order valence-electron chi connectivity index (χ0n) is 16.9. The highest BCUT2D eigenvalue weighted by molar-refractivity contribution is 7.19. The van der Waals surface area contributed by atoms with Crippen molar-refractivity contribution in [1.29, 1.82) is 0 Å². The maximum atomic E-state index is 13.0. The molecule has 1 aliphatic rings. The van der Waals surface area contributed by atoms with Gasteiger partial charge in [-0.3, -0.25) is 4.68 Å². The summed E-state index contributed by atoms with van der Waals surface area (Å²) in [6, 6.07) is 1.07. The minimum atomic E-state index is -4.45. The number of nitrogens with zero attached hydrogens (tertiary/aromatic N) is 6. The number of aromatic nitrogens is 6. The fourth-order valence-electron chi connectivity index (χ4n) is 4.14. The molecule has 0 fully saturated rings. The summed E-state index contributed by atoms with van der Waals surface area (Å²) in [4.78, 5) is 11.7. The number of rotatable bonds is 3. The van der Waals surface area contributed by atoms with E-state index in [9.17, 15) is 13.2 Å². The molecule has 2 atom stereocenters. The lowest BCUT2D eigenvalue weighted by Gasteiger charge is -2.17. The van der Waals surface area contributed by atoms with Gasteiger partial charge in [0.25, 0.3) is 0 Å². The van der Waals surface area contributed by atoms with Crippen LogP contribution in [-0.2, 0) is 25.6 Å². The summed E-state index contributed by atoms with van der Waals surface area (Å²) in [5, 5.41) is 9.37. The maximum Gasteiger partial charge on any atom is 0.435 e. The molecule has 1 aliphatic carbocycles. The molecule has 158 valence electrons. The summed E-state index contributed by atoms with van der Waals surface area (Å²) < 4.78 is 41.9. The van der Waals surface area contributed by atoms with Gasteiger partial charge in [0.15, 0.2) is 17.2 Å². The van der Waals surface area contributed by atoms with Crippen molar-refractivity contribution in [3.8, 4) is 0 Å². The van der Waals surface area contributed by atoms with Gasteiger partial charge in [0.2, 0.25) is 0 Å². The van der Waals surface area contributed by atoms with Crippen molar-refractivity contribution in [2.75, 3.05) is 0 Å². The Bertz CT molecular complexity index is 1250. The Morgan fingerprint density at radius 3 is 2.83 bits per heavy atom. The number of fused-ring (bicyclic) bond motifs is 5. The smallest absolute Gasteiger partial charge is 0.269 e. The molecule has 4 heterocycles. The molecule has 0 radical (unpaired) electrons. The maximum absolute atomic E-state index is 13.0. The first-order valence-electron chi connectivity index (χ1n) is 9.98.